The Balaban J connectivity index is 1.82. The Labute approximate surface area is 116 Å². The van der Waals surface area contributed by atoms with Crippen molar-refractivity contribution in [2.45, 2.75) is 65.4 Å². The molecule has 0 spiro atoms. The van der Waals surface area contributed by atoms with E-state index in [0.29, 0.717) is 12.2 Å². The Morgan fingerprint density at radius 2 is 1.58 bits per heavy atom. The molecule has 0 aliphatic heterocycles. The number of carbonyl (C=O) groups excluding carboxylic acids is 2. The van der Waals surface area contributed by atoms with E-state index in [1.807, 2.05) is 20.8 Å². The van der Waals surface area contributed by atoms with E-state index in [9.17, 15) is 9.59 Å². The van der Waals surface area contributed by atoms with Crippen LogP contribution in [-0.2, 0) is 14.3 Å². The minimum Gasteiger partial charge on any atom is -0.460 e. The number of Topliss-reactive ketones (excluding diaryl/α,β-unsaturated/α-hetero) is 1. The maximum atomic E-state index is 12.3. The van der Waals surface area contributed by atoms with E-state index in [1.165, 1.54) is 0 Å². The summed E-state index contributed by atoms with van der Waals surface area (Å²) in [5.74, 6) is 0.885. The summed E-state index contributed by atoms with van der Waals surface area (Å²) in [6.07, 6.45) is 5.04. The number of ketones is 1. The largest absolute Gasteiger partial charge is 0.460 e. The van der Waals surface area contributed by atoms with Crippen molar-refractivity contribution in [3.63, 3.8) is 0 Å². The molecule has 3 heteroatoms. The van der Waals surface area contributed by atoms with Crippen molar-refractivity contribution in [1.29, 1.82) is 0 Å². The average molecular weight is 266 g/mol. The van der Waals surface area contributed by atoms with Crippen molar-refractivity contribution in [3.05, 3.63) is 0 Å². The Bertz CT molecular complexity index is 359. The van der Waals surface area contributed by atoms with Crippen molar-refractivity contribution in [3.8, 4) is 0 Å². The van der Waals surface area contributed by atoms with Gasteiger partial charge in [0.2, 0.25) is 0 Å². The molecule has 0 unspecified atom stereocenters. The van der Waals surface area contributed by atoms with Gasteiger partial charge in [-0.2, -0.15) is 0 Å². The van der Waals surface area contributed by atoms with Gasteiger partial charge in [-0.25, -0.2) is 0 Å². The number of rotatable bonds is 3. The quantitative estimate of drug-likeness (QED) is 0.736. The standard InChI is InChI=1S/C16H26O3/c1-10-5-7-11(8-6-10)14(17)12-9-13(12)15(18)19-16(2,3)4/h10-13H,5-9H2,1-4H3/t10-,11-,12-,13-/m1/s1. The van der Waals surface area contributed by atoms with Gasteiger partial charge in [0.15, 0.2) is 0 Å². The molecule has 0 bridgehead atoms. The lowest BCUT2D eigenvalue weighted by Gasteiger charge is -2.25. The van der Waals surface area contributed by atoms with Crippen LogP contribution >= 0.6 is 0 Å². The minimum atomic E-state index is -0.451. The molecule has 0 aromatic heterocycles. The molecule has 0 aromatic rings. The fourth-order valence-electron chi connectivity index (χ4n) is 2.99. The van der Waals surface area contributed by atoms with Gasteiger partial charge in [0.25, 0.3) is 0 Å². The second kappa shape index (κ2) is 5.26. The molecule has 0 N–H and O–H groups in total. The van der Waals surface area contributed by atoms with Gasteiger partial charge in [0.1, 0.15) is 11.4 Å². The first kappa shape index (κ1) is 14.5. The number of carbonyl (C=O) groups is 2. The second-order valence-electron chi connectivity index (χ2n) is 7.34. The Hall–Kier alpha value is -0.860. The van der Waals surface area contributed by atoms with E-state index in [2.05, 4.69) is 6.92 Å². The molecule has 2 rings (SSSR count). The third-order valence-corrected chi connectivity index (χ3v) is 4.28. The van der Waals surface area contributed by atoms with E-state index in [0.717, 1.165) is 31.6 Å². The molecular formula is C16H26O3. The van der Waals surface area contributed by atoms with Crippen LogP contribution in [0.1, 0.15) is 59.8 Å². The van der Waals surface area contributed by atoms with E-state index in [-0.39, 0.29) is 23.7 Å². The molecule has 0 heterocycles. The van der Waals surface area contributed by atoms with Crippen LogP contribution in [0.25, 0.3) is 0 Å². The van der Waals surface area contributed by atoms with Gasteiger partial charge in [0.05, 0.1) is 5.92 Å². The predicted molar refractivity (Wildman–Crippen MR) is 73.6 cm³/mol. The van der Waals surface area contributed by atoms with Gasteiger partial charge in [-0.3, -0.25) is 9.59 Å². The first-order valence-electron chi connectivity index (χ1n) is 7.54. The maximum absolute atomic E-state index is 12.3. The highest BCUT2D eigenvalue weighted by Gasteiger charge is 2.51. The van der Waals surface area contributed by atoms with Gasteiger partial charge >= 0.3 is 5.97 Å². The summed E-state index contributed by atoms with van der Waals surface area (Å²) in [6.45, 7) is 7.85. The van der Waals surface area contributed by atoms with Crippen LogP contribution in [-0.4, -0.2) is 17.4 Å². The van der Waals surface area contributed by atoms with Gasteiger partial charge in [-0.05, 0) is 46.0 Å². The molecule has 0 radical (unpaired) electrons. The van der Waals surface area contributed by atoms with Gasteiger partial charge in [0, 0.05) is 11.8 Å². The first-order chi connectivity index (χ1) is 8.78. The Morgan fingerprint density at radius 3 is 2.11 bits per heavy atom. The molecule has 19 heavy (non-hydrogen) atoms. The summed E-state index contributed by atoms with van der Waals surface area (Å²) in [7, 11) is 0. The summed E-state index contributed by atoms with van der Waals surface area (Å²) in [5.41, 5.74) is -0.451. The van der Waals surface area contributed by atoms with Crippen LogP contribution in [0.3, 0.4) is 0 Å². The molecular weight excluding hydrogens is 240 g/mol. The van der Waals surface area contributed by atoms with Crippen molar-refractivity contribution in [1.82, 2.24) is 0 Å². The van der Waals surface area contributed by atoms with Crippen LogP contribution in [0, 0.1) is 23.7 Å². The number of hydrogen-bond acceptors (Lipinski definition) is 3. The van der Waals surface area contributed by atoms with Gasteiger partial charge < -0.3 is 4.74 Å². The van der Waals surface area contributed by atoms with E-state index >= 15 is 0 Å². The third kappa shape index (κ3) is 3.80. The lowest BCUT2D eigenvalue weighted by Crippen LogP contribution is -2.27. The van der Waals surface area contributed by atoms with Crippen LogP contribution in [0.15, 0.2) is 0 Å². The van der Waals surface area contributed by atoms with E-state index in [4.69, 9.17) is 4.74 Å². The third-order valence-electron chi connectivity index (χ3n) is 4.28. The second-order valence-corrected chi connectivity index (χ2v) is 7.34. The summed E-state index contributed by atoms with van der Waals surface area (Å²) < 4.78 is 5.36. The van der Waals surface area contributed by atoms with Gasteiger partial charge in [-0.15, -0.1) is 0 Å². The lowest BCUT2D eigenvalue weighted by atomic mass is 9.79. The van der Waals surface area contributed by atoms with Crippen molar-refractivity contribution in [2.24, 2.45) is 23.7 Å². The number of esters is 1. The van der Waals surface area contributed by atoms with Crippen LogP contribution < -0.4 is 0 Å². The van der Waals surface area contributed by atoms with E-state index in [1.54, 1.807) is 0 Å². The highest BCUT2D eigenvalue weighted by molar-refractivity contribution is 5.92. The molecule has 2 atom stereocenters. The zero-order valence-electron chi connectivity index (χ0n) is 12.6. The molecule has 2 aliphatic carbocycles. The lowest BCUT2D eigenvalue weighted by molar-refractivity contribution is -0.157. The van der Waals surface area contributed by atoms with Gasteiger partial charge in [-0.1, -0.05) is 19.8 Å². The Kier molecular flexibility index (Phi) is 4.03. The van der Waals surface area contributed by atoms with Crippen molar-refractivity contribution >= 4 is 11.8 Å². The zero-order chi connectivity index (χ0) is 14.2. The number of hydrogen-bond donors (Lipinski definition) is 0. The van der Waals surface area contributed by atoms with Crippen molar-refractivity contribution in [2.75, 3.05) is 0 Å². The van der Waals surface area contributed by atoms with Crippen LogP contribution in [0.5, 0.6) is 0 Å². The number of ether oxygens (including phenoxy) is 1. The average Bonchev–Trinajstić information content (AvgIpc) is 3.06. The summed E-state index contributed by atoms with van der Waals surface area (Å²) in [5, 5.41) is 0. The predicted octanol–water partition coefficient (Wildman–Crippen LogP) is 3.36. The molecule has 0 saturated heterocycles. The highest BCUT2D eigenvalue weighted by Crippen LogP contribution is 2.45. The summed E-state index contributed by atoms with van der Waals surface area (Å²) in [4.78, 5) is 24.2. The SMILES string of the molecule is CC(C)(C)OC(=O)[C@@H]1C[C@H]1C(=O)[C@H]1CC[C@H](C)CC1. The summed E-state index contributed by atoms with van der Waals surface area (Å²) in [6, 6.07) is 0. The van der Waals surface area contributed by atoms with Crippen LogP contribution in [0.2, 0.25) is 0 Å². The molecule has 2 saturated carbocycles. The normalized spacial score (nSPS) is 34.7. The first-order valence-corrected chi connectivity index (χ1v) is 7.54. The zero-order valence-corrected chi connectivity index (χ0v) is 12.6. The molecule has 3 nitrogen and oxygen atoms in total. The monoisotopic (exact) mass is 266 g/mol. The maximum Gasteiger partial charge on any atom is 0.310 e. The molecule has 108 valence electrons. The summed E-state index contributed by atoms with van der Waals surface area (Å²) >= 11 is 0. The fraction of sp³-hybridized carbons (Fsp3) is 0.875. The fourth-order valence-corrected chi connectivity index (χ4v) is 2.99. The smallest absolute Gasteiger partial charge is 0.310 e. The Morgan fingerprint density at radius 1 is 1.00 bits per heavy atom. The highest BCUT2D eigenvalue weighted by atomic mass is 16.6. The van der Waals surface area contributed by atoms with Crippen LogP contribution in [0.4, 0.5) is 0 Å². The molecule has 0 aromatic carbocycles. The topological polar surface area (TPSA) is 43.4 Å². The molecule has 2 fully saturated rings. The van der Waals surface area contributed by atoms with Crippen molar-refractivity contribution < 1.29 is 14.3 Å². The molecule has 2 aliphatic rings. The minimum absolute atomic E-state index is 0.0479. The molecule has 0 amide bonds. The van der Waals surface area contributed by atoms with E-state index < -0.39 is 5.60 Å².